The zero-order chi connectivity index (χ0) is 13.3. The highest BCUT2D eigenvalue weighted by Crippen LogP contribution is 1.93. The highest BCUT2D eigenvalue weighted by Gasteiger charge is 2.20. The van der Waals surface area contributed by atoms with Crippen LogP contribution in [0.4, 0.5) is 0 Å². The maximum absolute atomic E-state index is 8.34. The Morgan fingerprint density at radius 1 is 1.24 bits per heavy atom. The van der Waals surface area contributed by atoms with Crippen molar-refractivity contribution in [2.24, 2.45) is 5.73 Å². The molecule has 0 bridgehead atoms. The maximum Gasteiger partial charge on any atom is 0.729 e. The van der Waals surface area contributed by atoms with Crippen LogP contribution in [0.3, 0.4) is 0 Å². The van der Waals surface area contributed by atoms with Crippen molar-refractivity contribution < 1.29 is 30.1 Å². The lowest BCUT2D eigenvalue weighted by atomic mass is 10.1. The van der Waals surface area contributed by atoms with Gasteiger partial charge < -0.3 is 35.9 Å². The molecule has 0 aliphatic carbocycles. The third kappa shape index (κ3) is 6.83. The first-order valence-corrected chi connectivity index (χ1v) is 4.47. The van der Waals surface area contributed by atoms with E-state index in [0.717, 1.165) is 4.85 Å². The molecule has 1 aromatic rings. The molecule has 1 heterocycles. The molecule has 0 aliphatic heterocycles. The fraction of sp³-hybridized carbons (Fsp3) is 0.667. The van der Waals surface area contributed by atoms with Crippen molar-refractivity contribution in [1.29, 1.82) is 0 Å². The van der Waals surface area contributed by atoms with Crippen molar-refractivity contribution >= 4 is 7.32 Å². The van der Waals surface area contributed by atoms with Gasteiger partial charge in [-0.1, -0.05) is 0 Å². The van der Waals surface area contributed by atoms with E-state index < -0.39 is 32.7 Å². The lowest BCUT2D eigenvalue weighted by molar-refractivity contribution is 0.0697. The summed E-state index contributed by atoms with van der Waals surface area (Å²) in [6.07, 6.45) is 2.40. The number of nitrogens with zero attached hydrogens (tertiary/aromatic N) is 3. The smallest absolute Gasteiger partial charge is 0.404 e. The van der Waals surface area contributed by atoms with Gasteiger partial charge in [0, 0.05) is 0 Å². The van der Waals surface area contributed by atoms with Crippen LogP contribution in [0, 0.1) is 0 Å². The summed E-state index contributed by atoms with van der Waals surface area (Å²) in [7, 11) is -1.85. The van der Waals surface area contributed by atoms with E-state index in [0.29, 0.717) is 0 Å². The van der Waals surface area contributed by atoms with Gasteiger partial charge >= 0.3 is 7.32 Å². The summed E-state index contributed by atoms with van der Waals surface area (Å²) in [4.78, 5) is 4.32. The van der Waals surface area contributed by atoms with Crippen LogP contribution in [0.1, 0.15) is 0 Å². The fourth-order valence-electron chi connectivity index (χ4n) is 0.498. The molecule has 0 saturated heterocycles. The molecule has 11 heteroatoms. The number of rotatable bonds is 5. The van der Waals surface area contributed by atoms with Gasteiger partial charge in [0.1, 0.15) is 6.33 Å². The van der Waals surface area contributed by atoms with Gasteiger partial charge in [-0.15, -0.1) is 9.94 Å². The van der Waals surface area contributed by atoms with Crippen LogP contribution in [0.5, 0.6) is 0 Å². The van der Waals surface area contributed by atoms with Gasteiger partial charge in [0.25, 0.3) is 0 Å². The van der Waals surface area contributed by atoms with Gasteiger partial charge in [0.15, 0.2) is 6.33 Å². The van der Waals surface area contributed by atoms with Crippen LogP contribution in [0.2, 0.25) is 0 Å². The number of hydrogen-bond acceptors (Lipinski definition) is 9. The first-order chi connectivity index (χ1) is 7.97. The van der Waals surface area contributed by atoms with Gasteiger partial charge in [-0.3, -0.25) is 0 Å². The van der Waals surface area contributed by atoms with Crippen molar-refractivity contribution in [3.05, 3.63) is 12.7 Å². The molecule has 0 radical (unpaired) electrons. The maximum atomic E-state index is 8.34. The van der Waals surface area contributed by atoms with Gasteiger partial charge in [0.05, 0.1) is 25.4 Å². The Kier molecular flexibility index (Phi) is 7.37. The molecule has 0 aliphatic rings. The van der Waals surface area contributed by atoms with Gasteiger partial charge in [-0.2, -0.15) is 0 Å². The third-order valence-corrected chi connectivity index (χ3v) is 1.54. The SMILES string of the molecule is NC(CO)(CO)CO.OB(O)On1cncn1. The van der Waals surface area contributed by atoms with Crippen molar-refractivity contribution in [2.75, 3.05) is 19.8 Å². The molecular formula is C6H15BN4O6. The number of aromatic nitrogens is 3. The molecule has 0 aromatic carbocycles. The van der Waals surface area contributed by atoms with E-state index in [4.69, 9.17) is 31.1 Å². The van der Waals surface area contributed by atoms with Crippen LogP contribution in [-0.4, -0.2) is 73.0 Å². The molecule has 0 spiro atoms. The molecular weight excluding hydrogens is 235 g/mol. The lowest BCUT2D eigenvalue weighted by Crippen LogP contribution is -2.50. The quantitative estimate of drug-likeness (QED) is 0.281. The predicted octanol–water partition coefficient (Wildman–Crippen LogP) is -4.66. The Hall–Kier alpha value is -1.24. The Bertz CT molecular complexity index is 272. The van der Waals surface area contributed by atoms with Crippen LogP contribution < -0.4 is 10.5 Å². The summed E-state index contributed by atoms with van der Waals surface area (Å²) in [5.74, 6) is 0. The molecule has 17 heavy (non-hydrogen) atoms. The van der Waals surface area contributed by atoms with E-state index in [1.54, 1.807) is 0 Å². The predicted molar refractivity (Wildman–Crippen MR) is 55.0 cm³/mol. The zero-order valence-electron chi connectivity index (χ0n) is 8.92. The Morgan fingerprint density at radius 2 is 1.76 bits per heavy atom. The van der Waals surface area contributed by atoms with Crippen molar-refractivity contribution in [1.82, 2.24) is 14.9 Å². The normalized spacial score (nSPS) is 10.5. The molecule has 0 amide bonds. The molecule has 98 valence electrons. The lowest BCUT2D eigenvalue weighted by Gasteiger charge is -2.20. The Morgan fingerprint density at radius 3 is 2.00 bits per heavy atom. The monoisotopic (exact) mass is 250 g/mol. The summed E-state index contributed by atoms with van der Waals surface area (Å²) in [5.41, 5.74) is 3.94. The average molecular weight is 250 g/mol. The van der Waals surface area contributed by atoms with Crippen molar-refractivity contribution in [3.8, 4) is 0 Å². The number of aliphatic hydroxyl groups excluding tert-OH is 3. The van der Waals surface area contributed by atoms with Crippen LogP contribution in [0.25, 0.3) is 0 Å². The summed E-state index contributed by atoms with van der Waals surface area (Å²) in [5, 5.41) is 44.8. The van der Waals surface area contributed by atoms with E-state index in [1.165, 1.54) is 12.7 Å². The third-order valence-electron chi connectivity index (χ3n) is 1.54. The van der Waals surface area contributed by atoms with Crippen molar-refractivity contribution in [3.63, 3.8) is 0 Å². The number of nitrogens with two attached hydrogens (primary N) is 1. The molecule has 10 nitrogen and oxygen atoms in total. The second-order valence-corrected chi connectivity index (χ2v) is 3.07. The van der Waals surface area contributed by atoms with E-state index >= 15 is 0 Å². The molecule has 1 rings (SSSR count). The van der Waals surface area contributed by atoms with Gasteiger partial charge in [0.2, 0.25) is 0 Å². The fourth-order valence-corrected chi connectivity index (χ4v) is 0.498. The highest BCUT2D eigenvalue weighted by molar-refractivity contribution is 6.32. The van der Waals surface area contributed by atoms with Crippen LogP contribution in [-0.2, 0) is 0 Å². The van der Waals surface area contributed by atoms with Gasteiger partial charge in [-0.25, -0.2) is 4.98 Å². The van der Waals surface area contributed by atoms with E-state index in [2.05, 4.69) is 14.8 Å². The largest absolute Gasteiger partial charge is 0.729 e. The van der Waals surface area contributed by atoms with Gasteiger partial charge in [-0.05, 0) is 0 Å². The molecule has 1 aromatic heterocycles. The first-order valence-electron chi connectivity index (χ1n) is 4.47. The summed E-state index contributed by atoms with van der Waals surface area (Å²) in [6, 6.07) is 0. The van der Waals surface area contributed by atoms with Crippen LogP contribution in [0.15, 0.2) is 12.7 Å². The minimum Gasteiger partial charge on any atom is -0.404 e. The van der Waals surface area contributed by atoms with E-state index in [1.807, 2.05) is 0 Å². The number of aliphatic hydroxyl groups is 3. The minimum atomic E-state index is -1.85. The summed E-state index contributed by atoms with van der Waals surface area (Å²) in [6.45, 7) is -1.21. The number of hydrogen-bond donors (Lipinski definition) is 6. The Balaban J connectivity index is 0.000000304. The average Bonchev–Trinajstić information content (AvgIpc) is 2.81. The topological polar surface area (TPSA) is 167 Å². The van der Waals surface area contributed by atoms with E-state index in [9.17, 15) is 0 Å². The highest BCUT2D eigenvalue weighted by atomic mass is 16.7. The van der Waals surface area contributed by atoms with E-state index in [-0.39, 0.29) is 0 Å². The molecule has 7 N–H and O–H groups in total. The standard InChI is InChI=1S/C4H11NO3.C2H4BN3O3/c5-4(1-6,2-7)3-8;7-3(8)9-6-2-4-1-5-6/h6-8H,1-3,5H2;1-2,7-8H. The molecule has 0 fully saturated rings. The van der Waals surface area contributed by atoms with Crippen molar-refractivity contribution in [2.45, 2.75) is 5.54 Å². The molecule has 0 atom stereocenters. The Labute approximate surface area is 97.0 Å². The minimum absolute atomic E-state index is 0.403. The zero-order valence-corrected chi connectivity index (χ0v) is 8.92. The first kappa shape index (κ1) is 15.8. The second-order valence-electron chi connectivity index (χ2n) is 3.07. The molecule has 0 unspecified atom stereocenters. The molecule has 0 saturated carbocycles. The summed E-state index contributed by atoms with van der Waals surface area (Å²) >= 11 is 0. The van der Waals surface area contributed by atoms with Crippen LogP contribution >= 0.6 is 0 Å². The second kappa shape index (κ2) is 7.94. The summed E-state index contributed by atoms with van der Waals surface area (Å²) < 4.78 is 4.21.